The molecule has 6 heteroatoms. The van der Waals surface area contributed by atoms with E-state index in [0.717, 1.165) is 49.9 Å². The van der Waals surface area contributed by atoms with Gasteiger partial charge < -0.3 is 9.80 Å². The van der Waals surface area contributed by atoms with Gasteiger partial charge in [-0.3, -0.25) is 9.89 Å². The zero-order chi connectivity index (χ0) is 17.7. The summed E-state index contributed by atoms with van der Waals surface area (Å²) in [6, 6.07) is 10.9. The van der Waals surface area contributed by atoms with Crippen molar-refractivity contribution < 1.29 is 4.79 Å². The Hall–Kier alpha value is -2.18. The Bertz CT molecular complexity index is 967. The lowest BCUT2D eigenvalue weighted by molar-refractivity contribution is 0.0681. The summed E-state index contributed by atoms with van der Waals surface area (Å²) in [7, 11) is 0. The number of aromatic nitrogens is 2. The maximum Gasteiger partial charge on any atom is 0.275 e. The Labute approximate surface area is 156 Å². The molecule has 3 aliphatic heterocycles. The van der Waals surface area contributed by atoms with Crippen LogP contribution in [0, 0.1) is 6.92 Å². The van der Waals surface area contributed by atoms with E-state index < -0.39 is 0 Å². The molecule has 0 saturated carbocycles. The zero-order valence-electron chi connectivity index (χ0n) is 14.9. The van der Waals surface area contributed by atoms with Crippen molar-refractivity contribution in [3.63, 3.8) is 0 Å². The van der Waals surface area contributed by atoms with Crippen molar-refractivity contribution in [2.45, 2.75) is 25.8 Å². The molecule has 0 unspecified atom stereocenters. The van der Waals surface area contributed by atoms with Crippen molar-refractivity contribution in [3.05, 3.63) is 40.9 Å². The summed E-state index contributed by atoms with van der Waals surface area (Å²) in [5.74, 6) is 0.0738. The van der Waals surface area contributed by atoms with E-state index in [4.69, 9.17) is 0 Å². The van der Waals surface area contributed by atoms with Gasteiger partial charge in [0, 0.05) is 47.4 Å². The molecule has 3 fully saturated rings. The molecular formula is C20H22N4OS. The Balaban J connectivity index is 1.48. The number of nitrogens with one attached hydrogen (secondary N) is 1. The first-order valence-corrected chi connectivity index (χ1v) is 10.1. The summed E-state index contributed by atoms with van der Waals surface area (Å²) in [4.78, 5) is 20.3. The molecule has 5 heterocycles. The van der Waals surface area contributed by atoms with Gasteiger partial charge in [-0.2, -0.15) is 5.10 Å². The molecule has 0 radical (unpaired) electrons. The van der Waals surface area contributed by atoms with Gasteiger partial charge >= 0.3 is 0 Å². The fraction of sp³-hybridized carbons (Fsp3) is 0.400. The summed E-state index contributed by atoms with van der Waals surface area (Å²) < 4.78 is 0. The van der Waals surface area contributed by atoms with Gasteiger partial charge in [0.25, 0.3) is 5.91 Å². The second-order valence-electron chi connectivity index (χ2n) is 7.31. The minimum Gasteiger partial charge on any atom is -0.333 e. The van der Waals surface area contributed by atoms with E-state index in [2.05, 4.69) is 51.2 Å². The van der Waals surface area contributed by atoms with Crippen LogP contribution in [0.5, 0.6) is 0 Å². The van der Waals surface area contributed by atoms with Gasteiger partial charge in [-0.1, -0.05) is 6.07 Å². The maximum absolute atomic E-state index is 13.2. The standard InChI is InChI=1S/C20H22N4OS/c1-13-2-5-18(26-13)14-3-4-16-17(12-14)21-22-19(16)20(25)24-11-10-23-8-6-15(24)7-9-23/h2-5,12,15H,6-11H2,1H3,(H,21,22). The van der Waals surface area contributed by atoms with Gasteiger partial charge in [0.15, 0.2) is 5.69 Å². The topological polar surface area (TPSA) is 52.2 Å². The van der Waals surface area contributed by atoms with Crippen molar-refractivity contribution in [1.29, 1.82) is 0 Å². The van der Waals surface area contributed by atoms with Crippen molar-refractivity contribution in [2.24, 2.45) is 0 Å². The quantitative estimate of drug-likeness (QED) is 0.755. The molecule has 0 spiro atoms. The molecule has 2 bridgehead atoms. The highest BCUT2D eigenvalue weighted by atomic mass is 32.1. The smallest absolute Gasteiger partial charge is 0.275 e. The third-order valence-corrected chi connectivity index (χ3v) is 6.76. The van der Waals surface area contributed by atoms with Crippen molar-refractivity contribution in [3.8, 4) is 10.4 Å². The van der Waals surface area contributed by atoms with Crippen LogP contribution >= 0.6 is 11.3 Å². The lowest BCUT2D eigenvalue weighted by Gasteiger charge is -2.31. The highest BCUT2D eigenvalue weighted by molar-refractivity contribution is 7.15. The number of nitrogens with zero attached hydrogens (tertiary/aromatic N) is 3. The minimum atomic E-state index is 0.0738. The summed E-state index contributed by atoms with van der Waals surface area (Å²) in [6.45, 7) is 6.13. The van der Waals surface area contributed by atoms with E-state index in [1.54, 1.807) is 11.3 Å². The molecular weight excluding hydrogens is 344 g/mol. The molecule has 1 amide bonds. The number of hydrogen-bond acceptors (Lipinski definition) is 4. The van der Waals surface area contributed by atoms with Crippen LogP contribution in [-0.4, -0.2) is 58.1 Å². The third-order valence-electron chi connectivity index (χ3n) is 5.71. The first-order chi connectivity index (χ1) is 12.7. The van der Waals surface area contributed by atoms with Crippen LogP contribution in [0.15, 0.2) is 30.3 Å². The number of thiophene rings is 1. The maximum atomic E-state index is 13.2. The second-order valence-corrected chi connectivity index (χ2v) is 8.60. The fourth-order valence-electron chi connectivity index (χ4n) is 4.22. The minimum absolute atomic E-state index is 0.0738. The molecule has 5 nitrogen and oxygen atoms in total. The molecule has 3 saturated heterocycles. The van der Waals surface area contributed by atoms with Crippen LogP contribution in [-0.2, 0) is 0 Å². The molecule has 0 aliphatic carbocycles. The highest BCUT2D eigenvalue weighted by Gasteiger charge is 2.33. The third kappa shape index (κ3) is 2.64. The van der Waals surface area contributed by atoms with Crippen LogP contribution in [0.2, 0.25) is 0 Å². The monoisotopic (exact) mass is 366 g/mol. The average Bonchev–Trinajstić information content (AvgIpc) is 3.16. The predicted molar refractivity (Wildman–Crippen MR) is 105 cm³/mol. The summed E-state index contributed by atoms with van der Waals surface area (Å²) in [5, 5.41) is 8.40. The largest absolute Gasteiger partial charge is 0.333 e. The number of carbonyl (C=O) groups is 1. The zero-order valence-corrected chi connectivity index (χ0v) is 15.7. The SMILES string of the molecule is Cc1ccc(-c2ccc3c(C(=O)N4CCN5CCC4CC5)n[nH]c3c2)s1. The summed E-state index contributed by atoms with van der Waals surface area (Å²) in [6.07, 6.45) is 2.16. The molecule has 6 rings (SSSR count). The van der Waals surface area contributed by atoms with E-state index in [1.807, 2.05) is 6.07 Å². The van der Waals surface area contributed by atoms with Gasteiger partial charge in [-0.15, -0.1) is 11.3 Å². The van der Waals surface area contributed by atoms with Crippen LogP contribution in [0.25, 0.3) is 21.3 Å². The van der Waals surface area contributed by atoms with Gasteiger partial charge in [0.1, 0.15) is 0 Å². The molecule has 3 aliphatic rings. The van der Waals surface area contributed by atoms with E-state index in [-0.39, 0.29) is 5.91 Å². The molecule has 3 aromatic rings. The molecule has 1 aromatic carbocycles. The predicted octanol–water partition coefficient (Wildman–Crippen LogP) is 3.52. The Morgan fingerprint density at radius 1 is 1.15 bits per heavy atom. The number of amides is 1. The summed E-state index contributed by atoms with van der Waals surface area (Å²) >= 11 is 1.78. The van der Waals surface area contributed by atoms with Gasteiger partial charge in [-0.05, 0) is 49.6 Å². The normalized spacial score (nSPS) is 22.7. The molecule has 26 heavy (non-hydrogen) atoms. The van der Waals surface area contributed by atoms with E-state index in [0.29, 0.717) is 11.7 Å². The van der Waals surface area contributed by atoms with E-state index in [1.165, 1.54) is 15.3 Å². The first-order valence-electron chi connectivity index (χ1n) is 9.27. The number of H-pyrrole nitrogens is 1. The van der Waals surface area contributed by atoms with Crippen LogP contribution in [0.4, 0.5) is 0 Å². The molecule has 1 N–H and O–H groups in total. The second kappa shape index (κ2) is 6.21. The van der Waals surface area contributed by atoms with Gasteiger partial charge in [0.05, 0.1) is 5.52 Å². The number of rotatable bonds is 2. The fourth-order valence-corrected chi connectivity index (χ4v) is 5.08. The lowest BCUT2D eigenvalue weighted by Crippen LogP contribution is -2.41. The number of fused-ring (bicyclic) bond motifs is 5. The van der Waals surface area contributed by atoms with Crippen molar-refractivity contribution in [2.75, 3.05) is 26.2 Å². The number of aryl methyl sites for hydroxylation is 1. The number of benzene rings is 1. The van der Waals surface area contributed by atoms with E-state index in [9.17, 15) is 4.79 Å². The van der Waals surface area contributed by atoms with Crippen molar-refractivity contribution >= 4 is 28.1 Å². The van der Waals surface area contributed by atoms with Crippen LogP contribution < -0.4 is 0 Å². The molecule has 134 valence electrons. The molecule has 0 atom stereocenters. The number of aromatic amines is 1. The number of carbonyl (C=O) groups excluding carboxylic acids is 1. The highest BCUT2D eigenvalue weighted by Crippen LogP contribution is 2.31. The van der Waals surface area contributed by atoms with Crippen molar-refractivity contribution in [1.82, 2.24) is 20.0 Å². The summed E-state index contributed by atoms with van der Waals surface area (Å²) in [5.41, 5.74) is 2.66. The first kappa shape index (κ1) is 16.0. The Morgan fingerprint density at radius 3 is 2.77 bits per heavy atom. The van der Waals surface area contributed by atoms with Gasteiger partial charge in [-0.25, -0.2) is 0 Å². The Morgan fingerprint density at radius 2 is 2.00 bits per heavy atom. The number of hydrogen-bond donors (Lipinski definition) is 1. The van der Waals surface area contributed by atoms with E-state index >= 15 is 0 Å². The van der Waals surface area contributed by atoms with Gasteiger partial charge in [0.2, 0.25) is 0 Å². The van der Waals surface area contributed by atoms with Crippen LogP contribution in [0.1, 0.15) is 28.2 Å². The number of piperidine rings is 1. The molecule has 2 aromatic heterocycles. The average molecular weight is 366 g/mol. The Kier molecular flexibility index (Phi) is 3.83. The lowest BCUT2D eigenvalue weighted by atomic mass is 10.0. The van der Waals surface area contributed by atoms with Crippen LogP contribution in [0.3, 0.4) is 0 Å².